The maximum atomic E-state index is 11.8. The van der Waals surface area contributed by atoms with Crippen molar-refractivity contribution in [3.63, 3.8) is 0 Å². The Labute approximate surface area is 98.9 Å². The van der Waals surface area contributed by atoms with Crippen molar-refractivity contribution in [3.05, 3.63) is 23.2 Å². The van der Waals surface area contributed by atoms with Crippen molar-refractivity contribution >= 4 is 23.2 Å². The molecular weight excluding hydrogens is 228 g/mol. The van der Waals surface area contributed by atoms with Crippen LogP contribution in [0.4, 0.5) is 5.69 Å². The van der Waals surface area contributed by atoms with Crippen LogP contribution in [0.3, 0.4) is 0 Å². The van der Waals surface area contributed by atoms with Gasteiger partial charge in [-0.3, -0.25) is 4.79 Å². The molecule has 1 aliphatic heterocycles. The summed E-state index contributed by atoms with van der Waals surface area (Å²) < 4.78 is 5.20. The summed E-state index contributed by atoms with van der Waals surface area (Å²) in [4.78, 5) is 13.4. The highest BCUT2D eigenvalue weighted by atomic mass is 35.5. The van der Waals surface area contributed by atoms with Gasteiger partial charge in [-0.05, 0) is 24.6 Å². The number of anilines is 1. The second kappa shape index (κ2) is 4.31. The smallest absolute Gasteiger partial charge is 0.244 e. The topological polar surface area (TPSA) is 55.6 Å². The van der Waals surface area contributed by atoms with Gasteiger partial charge >= 0.3 is 0 Å². The van der Waals surface area contributed by atoms with Gasteiger partial charge in [0.15, 0.2) is 0 Å². The van der Waals surface area contributed by atoms with E-state index in [1.807, 2.05) is 0 Å². The van der Waals surface area contributed by atoms with E-state index in [1.165, 1.54) is 0 Å². The lowest BCUT2D eigenvalue weighted by atomic mass is 10.2. The lowest BCUT2D eigenvalue weighted by molar-refractivity contribution is -0.118. The monoisotopic (exact) mass is 240 g/mol. The summed E-state index contributed by atoms with van der Waals surface area (Å²) in [6.07, 6.45) is 0.661. The third-order valence-electron chi connectivity index (χ3n) is 2.68. The Bertz CT molecular complexity index is 422. The average Bonchev–Trinajstić information content (AvgIpc) is 2.60. The van der Waals surface area contributed by atoms with E-state index < -0.39 is 6.04 Å². The lowest BCUT2D eigenvalue weighted by Gasteiger charge is -2.19. The minimum atomic E-state index is -0.413. The molecule has 0 aromatic heterocycles. The molecule has 0 aliphatic carbocycles. The molecule has 5 heteroatoms. The van der Waals surface area contributed by atoms with Crippen LogP contribution in [-0.4, -0.2) is 25.6 Å². The van der Waals surface area contributed by atoms with Gasteiger partial charge in [-0.25, -0.2) is 0 Å². The molecule has 2 N–H and O–H groups in total. The van der Waals surface area contributed by atoms with Crippen LogP contribution >= 0.6 is 11.6 Å². The first kappa shape index (κ1) is 11.2. The molecule has 0 spiro atoms. The predicted molar refractivity (Wildman–Crippen MR) is 62.9 cm³/mol. The first-order chi connectivity index (χ1) is 7.63. The fourth-order valence-electron chi connectivity index (χ4n) is 1.82. The molecule has 1 aromatic rings. The van der Waals surface area contributed by atoms with E-state index in [1.54, 1.807) is 30.2 Å². The maximum Gasteiger partial charge on any atom is 0.244 e. The molecule has 1 aromatic carbocycles. The second-order valence-electron chi connectivity index (χ2n) is 3.70. The number of nitrogens with zero attached hydrogens (tertiary/aromatic N) is 1. The molecule has 1 heterocycles. The number of hydrogen-bond acceptors (Lipinski definition) is 3. The zero-order chi connectivity index (χ0) is 11.7. The van der Waals surface area contributed by atoms with Crippen molar-refractivity contribution in [3.8, 4) is 5.75 Å². The zero-order valence-corrected chi connectivity index (χ0v) is 9.70. The van der Waals surface area contributed by atoms with Crippen LogP contribution in [-0.2, 0) is 4.79 Å². The zero-order valence-electron chi connectivity index (χ0n) is 8.94. The van der Waals surface area contributed by atoms with Gasteiger partial charge < -0.3 is 15.4 Å². The third-order valence-corrected chi connectivity index (χ3v) is 2.91. The Kier molecular flexibility index (Phi) is 3.03. The molecule has 1 fully saturated rings. The first-order valence-corrected chi connectivity index (χ1v) is 5.42. The molecule has 86 valence electrons. The molecule has 2 rings (SSSR count). The average molecular weight is 241 g/mol. The molecule has 0 radical (unpaired) electrons. The Morgan fingerprint density at radius 2 is 2.31 bits per heavy atom. The van der Waals surface area contributed by atoms with E-state index >= 15 is 0 Å². The highest BCUT2D eigenvalue weighted by Gasteiger charge is 2.31. The fourth-order valence-corrected chi connectivity index (χ4v) is 1.98. The van der Waals surface area contributed by atoms with E-state index in [-0.39, 0.29) is 5.91 Å². The number of ether oxygens (including phenoxy) is 1. The van der Waals surface area contributed by atoms with Crippen molar-refractivity contribution < 1.29 is 9.53 Å². The van der Waals surface area contributed by atoms with Crippen LogP contribution < -0.4 is 15.4 Å². The maximum absolute atomic E-state index is 11.8. The van der Waals surface area contributed by atoms with E-state index in [9.17, 15) is 4.79 Å². The molecule has 0 bridgehead atoms. The summed E-state index contributed by atoms with van der Waals surface area (Å²) in [5.41, 5.74) is 6.36. The van der Waals surface area contributed by atoms with Crippen LogP contribution in [0.1, 0.15) is 6.42 Å². The summed E-state index contributed by atoms with van der Waals surface area (Å²) >= 11 is 5.91. The van der Waals surface area contributed by atoms with Crippen molar-refractivity contribution in [1.29, 1.82) is 0 Å². The van der Waals surface area contributed by atoms with Gasteiger partial charge in [-0.15, -0.1) is 0 Å². The van der Waals surface area contributed by atoms with Gasteiger partial charge in [-0.2, -0.15) is 0 Å². The Balaban J connectivity index is 2.39. The quantitative estimate of drug-likeness (QED) is 0.851. The van der Waals surface area contributed by atoms with Crippen molar-refractivity contribution in [2.75, 3.05) is 18.6 Å². The van der Waals surface area contributed by atoms with Crippen LogP contribution in [0.15, 0.2) is 18.2 Å². The number of rotatable bonds is 2. The van der Waals surface area contributed by atoms with E-state index in [0.29, 0.717) is 29.4 Å². The van der Waals surface area contributed by atoms with Crippen molar-refractivity contribution in [2.24, 2.45) is 5.73 Å². The predicted octanol–water partition coefficient (Wildman–Crippen LogP) is 1.41. The Hall–Kier alpha value is -1.26. The number of halogens is 1. The molecule has 0 saturated carbocycles. The molecular formula is C11H13ClN2O2. The van der Waals surface area contributed by atoms with Crippen LogP contribution in [0, 0.1) is 0 Å². The van der Waals surface area contributed by atoms with Crippen LogP contribution in [0.5, 0.6) is 5.75 Å². The van der Waals surface area contributed by atoms with E-state index in [0.717, 1.165) is 0 Å². The van der Waals surface area contributed by atoms with Gasteiger partial charge in [0.2, 0.25) is 5.91 Å². The number of nitrogens with two attached hydrogens (primary N) is 1. The Morgan fingerprint density at radius 3 is 2.88 bits per heavy atom. The summed E-state index contributed by atoms with van der Waals surface area (Å²) in [5.74, 6) is 0.549. The largest absolute Gasteiger partial charge is 0.495 e. The number of carbonyl (C=O) groups is 1. The number of amides is 1. The first-order valence-electron chi connectivity index (χ1n) is 5.04. The molecule has 1 unspecified atom stereocenters. The van der Waals surface area contributed by atoms with Gasteiger partial charge in [0, 0.05) is 11.6 Å². The minimum Gasteiger partial charge on any atom is -0.495 e. The van der Waals surface area contributed by atoms with Crippen LogP contribution in [0.25, 0.3) is 0 Å². The number of benzene rings is 1. The summed E-state index contributed by atoms with van der Waals surface area (Å²) in [6, 6.07) is 4.78. The molecule has 16 heavy (non-hydrogen) atoms. The van der Waals surface area contributed by atoms with E-state index in [4.69, 9.17) is 22.1 Å². The number of carbonyl (C=O) groups excluding carboxylic acids is 1. The Morgan fingerprint density at radius 1 is 1.56 bits per heavy atom. The third kappa shape index (κ3) is 1.86. The van der Waals surface area contributed by atoms with Gasteiger partial charge in [0.25, 0.3) is 0 Å². The fraction of sp³-hybridized carbons (Fsp3) is 0.364. The van der Waals surface area contributed by atoms with Gasteiger partial charge in [0.05, 0.1) is 18.8 Å². The molecule has 4 nitrogen and oxygen atoms in total. The molecule has 1 aliphatic rings. The molecule has 1 atom stereocenters. The van der Waals surface area contributed by atoms with Gasteiger partial charge in [-0.1, -0.05) is 11.6 Å². The normalized spacial score (nSPS) is 20.3. The SMILES string of the molecule is COc1ccc(Cl)cc1N1CCC(N)C1=O. The van der Waals surface area contributed by atoms with Gasteiger partial charge in [0.1, 0.15) is 5.75 Å². The molecule has 1 saturated heterocycles. The highest BCUT2D eigenvalue weighted by molar-refractivity contribution is 6.31. The van der Waals surface area contributed by atoms with Crippen molar-refractivity contribution in [2.45, 2.75) is 12.5 Å². The standard InChI is InChI=1S/C11H13ClN2O2/c1-16-10-3-2-7(12)6-9(10)14-5-4-8(13)11(14)15/h2-3,6,8H,4-5,13H2,1H3. The lowest BCUT2D eigenvalue weighted by Crippen LogP contribution is -2.34. The second-order valence-corrected chi connectivity index (χ2v) is 4.14. The van der Waals surface area contributed by atoms with Crippen molar-refractivity contribution in [1.82, 2.24) is 0 Å². The minimum absolute atomic E-state index is 0.0828. The number of hydrogen-bond donors (Lipinski definition) is 1. The summed E-state index contributed by atoms with van der Waals surface area (Å²) in [5, 5.41) is 0.573. The summed E-state index contributed by atoms with van der Waals surface area (Å²) in [7, 11) is 1.56. The summed E-state index contributed by atoms with van der Waals surface area (Å²) in [6.45, 7) is 0.608. The highest BCUT2D eigenvalue weighted by Crippen LogP contribution is 2.33. The molecule has 1 amide bonds. The van der Waals surface area contributed by atoms with E-state index in [2.05, 4.69) is 0 Å². The number of methoxy groups -OCH3 is 1. The van der Waals surface area contributed by atoms with Crippen LogP contribution in [0.2, 0.25) is 5.02 Å².